The summed E-state index contributed by atoms with van der Waals surface area (Å²) in [7, 11) is -4.24. The van der Waals surface area contributed by atoms with E-state index in [1.54, 1.807) is 25.1 Å². The molecule has 1 saturated heterocycles. The van der Waals surface area contributed by atoms with Crippen LogP contribution in [-0.2, 0) is 26.1 Å². The second-order valence-corrected chi connectivity index (χ2v) is 10.1. The normalized spacial score (nSPS) is 14.5. The molecule has 1 aliphatic heterocycles. The summed E-state index contributed by atoms with van der Waals surface area (Å²) in [6.07, 6.45) is 2.87. The molecule has 3 aromatic rings. The summed E-state index contributed by atoms with van der Waals surface area (Å²) in [5.74, 6) is -1.98. The van der Waals surface area contributed by atoms with E-state index in [4.69, 9.17) is 8.92 Å². The molecule has 0 atom stereocenters. The monoisotopic (exact) mass is 577 g/mol. The number of allylic oxidation sites excluding steroid dienone is 1. The van der Waals surface area contributed by atoms with Crippen molar-refractivity contribution in [1.29, 1.82) is 0 Å². The zero-order chi connectivity index (χ0) is 29.7. The lowest BCUT2D eigenvalue weighted by molar-refractivity contribution is -0.384. The van der Waals surface area contributed by atoms with E-state index in [1.165, 1.54) is 48.6 Å². The highest BCUT2D eigenvalue weighted by molar-refractivity contribution is 7.87. The third kappa shape index (κ3) is 6.15. The molecule has 4 amide bonds. The number of nitrogens with zero attached hydrogens (tertiary/aromatic N) is 2. The van der Waals surface area contributed by atoms with E-state index < -0.39 is 38.5 Å². The van der Waals surface area contributed by atoms with Gasteiger partial charge in [-0.2, -0.15) is 8.42 Å². The lowest BCUT2D eigenvalue weighted by atomic mass is 10.0. The maximum Gasteiger partial charge on any atom is 0.339 e. The van der Waals surface area contributed by atoms with Gasteiger partial charge < -0.3 is 8.92 Å². The van der Waals surface area contributed by atoms with Gasteiger partial charge in [0.15, 0.2) is 11.5 Å². The zero-order valence-electron chi connectivity index (χ0n) is 21.6. The van der Waals surface area contributed by atoms with Crippen LogP contribution in [0.4, 0.5) is 16.2 Å². The number of hydrogen-bond donors (Lipinski definition) is 1. The Kier molecular flexibility index (Phi) is 8.29. The maximum absolute atomic E-state index is 13.3. The van der Waals surface area contributed by atoms with Crippen molar-refractivity contribution in [3.8, 4) is 11.5 Å². The molecule has 13 heteroatoms. The first-order chi connectivity index (χ1) is 19.6. The first-order valence-corrected chi connectivity index (χ1v) is 13.5. The molecule has 1 fully saturated rings. The number of hydrogen-bond acceptors (Lipinski definition) is 9. The lowest BCUT2D eigenvalue weighted by Crippen LogP contribution is -2.54. The zero-order valence-corrected chi connectivity index (χ0v) is 22.4. The van der Waals surface area contributed by atoms with E-state index in [1.807, 2.05) is 0 Å². The number of imide groups is 2. The molecular weight excluding hydrogens is 554 g/mol. The number of nitro groups is 1. The van der Waals surface area contributed by atoms with Crippen LogP contribution >= 0.6 is 0 Å². The van der Waals surface area contributed by atoms with Crippen molar-refractivity contribution in [3.63, 3.8) is 0 Å². The Balaban J connectivity index is 1.77. The molecule has 1 aliphatic rings. The van der Waals surface area contributed by atoms with Crippen molar-refractivity contribution >= 4 is 45.4 Å². The van der Waals surface area contributed by atoms with Gasteiger partial charge in [-0.3, -0.25) is 25.0 Å². The van der Waals surface area contributed by atoms with Crippen molar-refractivity contribution in [1.82, 2.24) is 5.32 Å². The SMILES string of the molecule is C=CCc1cc(/C=C2\C(=O)NC(=O)N(c3ccc([N+](=O)[O-])cc3)C2=O)cc(OCC)c1OS(=O)(=O)c1ccccc1. The fraction of sp³-hybridized carbons (Fsp3) is 0.107. The summed E-state index contributed by atoms with van der Waals surface area (Å²) >= 11 is 0. The Hall–Kier alpha value is -5.30. The van der Waals surface area contributed by atoms with Gasteiger partial charge in [0, 0.05) is 17.7 Å². The van der Waals surface area contributed by atoms with Crippen molar-refractivity contribution in [2.45, 2.75) is 18.2 Å². The number of anilines is 1. The van der Waals surface area contributed by atoms with E-state index in [-0.39, 0.29) is 46.4 Å². The Morgan fingerprint density at radius 3 is 2.34 bits per heavy atom. The fourth-order valence-corrected chi connectivity index (χ4v) is 4.95. The van der Waals surface area contributed by atoms with Gasteiger partial charge in [-0.15, -0.1) is 6.58 Å². The summed E-state index contributed by atoms with van der Waals surface area (Å²) in [5, 5.41) is 13.0. The third-order valence-corrected chi connectivity index (χ3v) is 7.01. The number of benzene rings is 3. The lowest BCUT2D eigenvalue weighted by Gasteiger charge is -2.26. The number of non-ortho nitro benzene ring substituents is 1. The smallest absolute Gasteiger partial charge is 0.339 e. The van der Waals surface area contributed by atoms with E-state index in [9.17, 15) is 32.9 Å². The molecule has 3 aromatic carbocycles. The number of ether oxygens (including phenoxy) is 1. The Morgan fingerprint density at radius 1 is 1.05 bits per heavy atom. The van der Waals surface area contributed by atoms with Gasteiger partial charge in [0.2, 0.25) is 0 Å². The Bertz CT molecular complexity index is 1680. The standard InChI is InChI=1S/C28H23N3O9S/c1-3-8-19-15-18(17-24(39-4-2)25(19)40-41(37,38)22-9-6-5-7-10-22)16-23-26(32)29-28(34)30(27(23)33)20-11-13-21(14-12-20)31(35)36/h3,5-7,9-17H,1,4,8H2,2H3,(H,29,32,34)/b23-16+. The predicted octanol–water partition coefficient (Wildman–Crippen LogP) is 4.16. The molecule has 0 spiro atoms. The highest BCUT2D eigenvalue weighted by Crippen LogP contribution is 2.37. The second-order valence-electron chi connectivity index (χ2n) is 8.51. The number of nitrogens with one attached hydrogen (secondary N) is 1. The first-order valence-electron chi connectivity index (χ1n) is 12.1. The average Bonchev–Trinajstić information content (AvgIpc) is 2.94. The predicted molar refractivity (Wildman–Crippen MR) is 148 cm³/mol. The molecule has 210 valence electrons. The molecular formula is C28H23N3O9S. The number of carbonyl (C=O) groups excluding carboxylic acids is 3. The molecule has 4 rings (SSSR count). The van der Waals surface area contributed by atoms with Crippen molar-refractivity contribution in [2.24, 2.45) is 0 Å². The molecule has 0 saturated carbocycles. The maximum atomic E-state index is 13.3. The highest BCUT2D eigenvalue weighted by atomic mass is 32.2. The quantitative estimate of drug-likeness (QED) is 0.0931. The van der Waals surface area contributed by atoms with Crippen LogP contribution in [0.3, 0.4) is 0 Å². The van der Waals surface area contributed by atoms with Gasteiger partial charge in [-0.25, -0.2) is 9.69 Å². The molecule has 0 radical (unpaired) electrons. The summed E-state index contributed by atoms with van der Waals surface area (Å²) in [6, 6.07) is 14.1. The minimum absolute atomic E-state index is 0.00807. The second kappa shape index (κ2) is 11.8. The fourth-order valence-electron chi connectivity index (χ4n) is 3.96. The van der Waals surface area contributed by atoms with Crippen molar-refractivity contribution in [2.75, 3.05) is 11.5 Å². The van der Waals surface area contributed by atoms with Crippen LogP contribution < -0.4 is 19.1 Å². The Morgan fingerprint density at radius 2 is 1.73 bits per heavy atom. The van der Waals surface area contributed by atoms with Gasteiger partial charge >= 0.3 is 16.1 Å². The summed E-state index contributed by atoms with van der Waals surface area (Å²) < 4.78 is 37.1. The number of rotatable bonds is 10. The molecule has 0 unspecified atom stereocenters. The molecule has 41 heavy (non-hydrogen) atoms. The number of carbonyl (C=O) groups is 3. The average molecular weight is 578 g/mol. The molecule has 0 aromatic heterocycles. The highest BCUT2D eigenvalue weighted by Gasteiger charge is 2.37. The minimum atomic E-state index is -4.24. The van der Waals surface area contributed by atoms with E-state index in [0.29, 0.717) is 10.5 Å². The summed E-state index contributed by atoms with van der Waals surface area (Å²) in [5.41, 5.74) is -0.0509. The van der Waals surface area contributed by atoms with Crippen molar-refractivity contribution < 1.29 is 36.6 Å². The summed E-state index contributed by atoms with van der Waals surface area (Å²) in [6.45, 7) is 5.52. The molecule has 12 nitrogen and oxygen atoms in total. The van der Waals surface area contributed by atoms with Gasteiger partial charge in [-0.1, -0.05) is 24.3 Å². The minimum Gasteiger partial charge on any atom is -0.490 e. The molecule has 1 N–H and O–H groups in total. The van der Waals surface area contributed by atoms with Crippen LogP contribution in [0, 0.1) is 10.1 Å². The van der Waals surface area contributed by atoms with Crippen LogP contribution in [0.25, 0.3) is 6.08 Å². The molecule has 0 aliphatic carbocycles. The van der Waals surface area contributed by atoms with E-state index in [2.05, 4.69) is 11.9 Å². The van der Waals surface area contributed by atoms with Gasteiger partial charge in [0.05, 0.1) is 17.2 Å². The summed E-state index contributed by atoms with van der Waals surface area (Å²) in [4.78, 5) is 49.4. The number of barbiturate groups is 1. The van der Waals surface area contributed by atoms with Gasteiger partial charge in [0.1, 0.15) is 10.5 Å². The van der Waals surface area contributed by atoms with E-state index >= 15 is 0 Å². The number of nitro benzene ring substituents is 1. The van der Waals surface area contributed by atoms with Crippen LogP contribution in [0.5, 0.6) is 11.5 Å². The van der Waals surface area contributed by atoms with Gasteiger partial charge in [0.25, 0.3) is 17.5 Å². The van der Waals surface area contributed by atoms with Gasteiger partial charge in [-0.05, 0) is 61.4 Å². The van der Waals surface area contributed by atoms with Crippen LogP contribution in [0.1, 0.15) is 18.1 Å². The van der Waals surface area contributed by atoms with Crippen molar-refractivity contribution in [3.05, 3.63) is 106 Å². The topological polar surface area (TPSA) is 162 Å². The Labute approximate surface area is 234 Å². The molecule has 0 bridgehead atoms. The number of amides is 4. The van der Waals surface area contributed by atoms with Crippen LogP contribution in [0.15, 0.2) is 89.9 Å². The van der Waals surface area contributed by atoms with Crippen LogP contribution in [-0.4, -0.2) is 37.8 Å². The molecule has 1 heterocycles. The third-order valence-electron chi connectivity index (χ3n) is 5.77. The van der Waals surface area contributed by atoms with Crippen LogP contribution in [0.2, 0.25) is 0 Å². The first kappa shape index (κ1) is 28.7. The largest absolute Gasteiger partial charge is 0.490 e. The van der Waals surface area contributed by atoms with E-state index in [0.717, 1.165) is 12.1 Å². The number of urea groups is 1.